The third kappa shape index (κ3) is 3.84. The van der Waals surface area contributed by atoms with Crippen LogP contribution < -0.4 is 5.32 Å². The number of nitrogens with zero attached hydrogens (tertiary/aromatic N) is 2. The molecule has 0 unspecified atom stereocenters. The number of benzene rings is 1. The molecule has 0 aliphatic heterocycles. The van der Waals surface area contributed by atoms with Crippen molar-refractivity contribution < 1.29 is 9.18 Å². The maximum Gasteiger partial charge on any atom is 0.255 e. The maximum atomic E-state index is 13.5. The highest BCUT2D eigenvalue weighted by Gasteiger charge is 2.21. The van der Waals surface area contributed by atoms with Gasteiger partial charge in [0.2, 0.25) is 0 Å². The summed E-state index contributed by atoms with van der Waals surface area (Å²) in [7, 11) is 3.98. The standard InChI is InChI=1S/C19H21FN4OS/c1-12-7-8-26-18(12)16(24(2)3)11-21-19(25)15-10-22-23-17(15)13-5-4-6-14(20)9-13/h4-10,16H,11H2,1-3H3,(H,21,25)(H,22,23)/t16-/m0/s1. The van der Waals surface area contributed by atoms with E-state index >= 15 is 0 Å². The Balaban J connectivity index is 1.77. The first-order valence-corrected chi connectivity index (χ1v) is 9.13. The Hall–Kier alpha value is -2.51. The fourth-order valence-electron chi connectivity index (χ4n) is 2.84. The van der Waals surface area contributed by atoms with E-state index < -0.39 is 0 Å². The first-order chi connectivity index (χ1) is 12.5. The van der Waals surface area contributed by atoms with Crippen LogP contribution in [-0.2, 0) is 0 Å². The Morgan fingerprint density at radius 2 is 2.19 bits per heavy atom. The molecule has 0 aliphatic carbocycles. The molecule has 0 saturated heterocycles. The van der Waals surface area contributed by atoms with E-state index in [0.29, 0.717) is 23.4 Å². The third-order valence-electron chi connectivity index (χ3n) is 4.28. The Kier molecular flexibility index (Phi) is 5.49. The van der Waals surface area contributed by atoms with Crippen molar-refractivity contribution in [2.75, 3.05) is 20.6 Å². The number of nitrogens with one attached hydrogen (secondary N) is 2. The van der Waals surface area contributed by atoms with Crippen molar-refractivity contribution in [1.82, 2.24) is 20.4 Å². The number of halogens is 1. The second-order valence-corrected chi connectivity index (χ2v) is 7.27. The van der Waals surface area contributed by atoms with Crippen LogP contribution in [0.4, 0.5) is 4.39 Å². The van der Waals surface area contributed by atoms with Crippen molar-refractivity contribution in [3.8, 4) is 11.3 Å². The molecular weight excluding hydrogens is 351 g/mol. The van der Waals surface area contributed by atoms with Crippen LogP contribution in [0.1, 0.15) is 26.8 Å². The van der Waals surface area contributed by atoms with Crippen LogP contribution in [0.25, 0.3) is 11.3 Å². The van der Waals surface area contributed by atoms with Crippen molar-refractivity contribution in [2.45, 2.75) is 13.0 Å². The lowest BCUT2D eigenvalue weighted by atomic mass is 10.1. The van der Waals surface area contributed by atoms with Gasteiger partial charge in [0.25, 0.3) is 5.91 Å². The van der Waals surface area contributed by atoms with Gasteiger partial charge in [-0.2, -0.15) is 5.10 Å². The van der Waals surface area contributed by atoms with Crippen LogP contribution in [0.5, 0.6) is 0 Å². The minimum Gasteiger partial charge on any atom is -0.350 e. The molecule has 2 N–H and O–H groups in total. The summed E-state index contributed by atoms with van der Waals surface area (Å²) in [5.41, 5.74) is 2.71. The third-order valence-corrected chi connectivity index (χ3v) is 5.40. The van der Waals surface area contributed by atoms with Gasteiger partial charge >= 0.3 is 0 Å². The van der Waals surface area contributed by atoms with E-state index in [1.807, 2.05) is 14.1 Å². The highest BCUT2D eigenvalue weighted by Crippen LogP contribution is 2.27. The highest BCUT2D eigenvalue weighted by atomic mass is 32.1. The first-order valence-electron chi connectivity index (χ1n) is 8.25. The van der Waals surface area contributed by atoms with Crippen molar-refractivity contribution in [1.29, 1.82) is 0 Å². The van der Waals surface area contributed by atoms with Crippen molar-refractivity contribution in [3.63, 3.8) is 0 Å². The van der Waals surface area contributed by atoms with Gasteiger partial charge in [-0.25, -0.2) is 4.39 Å². The zero-order valence-corrected chi connectivity index (χ0v) is 15.7. The number of carbonyl (C=O) groups is 1. The number of likely N-dealkylation sites (N-methyl/N-ethyl adjacent to an activating group) is 1. The van der Waals surface area contributed by atoms with Crippen molar-refractivity contribution in [3.05, 3.63) is 63.7 Å². The molecule has 5 nitrogen and oxygen atoms in total. The molecule has 3 rings (SSSR count). The SMILES string of the molecule is Cc1ccsc1[C@H](CNC(=O)c1cn[nH]c1-c1cccc(F)c1)N(C)C. The zero-order valence-electron chi connectivity index (χ0n) is 14.9. The smallest absolute Gasteiger partial charge is 0.255 e. The van der Waals surface area contributed by atoms with E-state index in [-0.39, 0.29) is 17.8 Å². The summed E-state index contributed by atoms with van der Waals surface area (Å²) < 4.78 is 13.5. The summed E-state index contributed by atoms with van der Waals surface area (Å²) in [5.74, 6) is -0.594. The van der Waals surface area contributed by atoms with E-state index in [0.717, 1.165) is 0 Å². The van der Waals surface area contributed by atoms with Gasteiger partial charge in [0.05, 0.1) is 23.5 Å². The summed E-state index contributed by atoms with van der Waals surface area (Å²) in [6.07, 6.45) is 1.47. The fourth-order valence-corrected chi connectivity index (χ4v) is 3.97. The average Bonchev–Trinajstić information content (AvgIpc) is 3.24. The number of H-pyrrole nitrogens is 1. The van der Waals surface area contributed by atoms with Crippen LogP contribution in [0.15, 0.2) is 41.9 Å². The topological polar surface area (TPSA) is 61.0 Å². The minimum absolute atomic E-state index is 0.0865. The van der Waals surface area contributed by atoms with Crippen molar-refractivity contribution in [2.24, 2.45) is 0 Å². The molecule has 7 heteroatoms. The Bertz CT molecular complexity index is 902. The van der Waals surface area contributed by atoms with Gasteiger partial charge in [-0.1, -0.05) is 12.1 Å². The first kappa shape index (κ1) is 18.3. The number of thiophene rings is 1. The van der Waals surface area contributed by atoms with Crippen LogP contribution >= 0.6 is 11.3 Å². The van der Waals surface area contributed by atoms with Crippen LogP contribution in [0.2, 0.25) is 0 Å². The van der Waals surface area contributed by atoms with Gasteiger partial charge in [0.1, 0.15) is 5.82 Å². The van der Waals surface area contributed by atoms with E-state index in [1.165, 1.54) is 28.8 Å². The minimum atomic E-state index is -0.357. The molecule has 1 aromatic carbocycles. The number of hydrogen-bond acceptors (Lipinski definition) is 4. The molecule has 2 aromatic heterocycles. The average molecular weight is 372 g/mol. The second kappa shape index (κ2) is 7.80. The highest BCUT2D eigenvalue weighted by molar-refractivity contribution is 7.10. The zero-order chi connectivity index (χ0) is 18.7. The summed E-state index contributed by atoms with van der Waals surface area (Å²) >= 11 is 1.68. The summed E-state index contributed by atoms with van der Waals surface area (Å²) in [6.45, 7) is 2.54. The molecule has 136 valence electrons. The number of hydrogen-bond donors (Lipinski definition) is 2. The van der Waals surface area contributed by atoms with Crippen LogP contribution in [0.3, 0.4) is 0 Å². The monoisotopic (exact) mass is 372 g/mol. The molecular formula is C19H21FN4OS. The summed E-state index contributed by atoms with van der Waals surface area (Å²) in [5, 5.41) is 11.8. The molecule has 1 amide bonds. The quantitative estimate of drug-likeness (QED) is 0.695. The van der Waals surface area contributed by atoms with Crippen LogP contribution in [-0.4, -0.2) is 41.6 Å². The number of aromatic nitrogens is 2. The van der Waals surface area contributed by atoms with E-state index in [1.54, 1.807) is 23.5 Å². The van der Waals surface area contributed by atoms with E-state index in [2.05, 4.69) is 38.8 Å². The maximum absolute atomic E-state index is 13.5. The second-order valence-electron chi connectivity index (χ2n) is 6.33. The Morgan fingerprint density at radius 3 is 2.85 bits per heavy atom. The molecule has 0 radical (unpaired) electrons. The molecule has 0 fully saturated rings. The number of aryl methyl sites for hydroxylation is 1. The van der Waals surface area contributed by atoms with E-state index in [9.17, 15) is 9.18 Å². The molecule has 3 aromatic rings. The Morgan fingerprint density at radius 1 is 1.38 bits per heavy atom. The largest absolute Gasteiger partial charge is 0.350 e. The van der Waals surface area contributed by atoms with Gasteiger partial charge in [-0.3, -0.25) is 9.89 Å². The van der Waals surface area contributed by atoms with E-state index in [4.69, 9.17) is 0 Å². The lowest BCUT2D eigenvalue weighted by Gasteiger charge is -2.24. The molecule has 0 saturated carbocycles. The molecule has 1 atom stereocenters. The van der Waals surface area contributed by atoms with Gasteiger partial charge < -0.3 is 10.2 Å². The van der Waals surface area contributed by atoms with Gasteiger partial charge in [-0.15, -0.1) is 11.3 Å². The molecule has 26 heavy (non-hydrogen) atoms. The number of rotatable bonds is 6. The molecule has 0 aliphatic rings. The van der Waals surface area contributed by atoms with Gasteiger partial charge in [0, 0.05) is 17.0 Å². The van der Waals surface area contributed by atoms with Crippen LogP contribution in [0, 0.1) is 12.7 Å². The lowest BCUT2D eigenvalue weighted by Crippen LogP contribution is -2.34. The van der Waals surface area contributed by atoms with Gasteiger partial charge in [0.15, 0.2) is 0 Å². The molecule has 0 spiro atoms. The number of amides is 1. The number of aromatic amines is 1. The molecule has 0 bridgehead atoms. The predicted octanol–water partition coefficient (Wildman–Crippen LogP) is 3.62. The number of carbonyl (C=O) groups excluding carboxylic acids is 1. The van der Waals surface area contributed by atoms with Gasteiger partial charge in [-0.05, 0) is 50.2 Å². The lowest BCUT2D eigenvalue weighted by molar-refractivity contribution is 0.0943. The summed E-state index contributed by atoms with van der Waals surface area (Å²) in [4.78, 5) is 16.0. The Labute approximate surface area is 155 Å². The summed E-state index contributed by atoms with van der Waals surface area (Å²) in [6, 6.07) is 8.26. The van der Waals surface area contributed by atoms with Crippen molar-refractivity contribution >= 4 is 17.2 Å². The molecule has 2 heterocycles. The normalized spacial score (nSPS) is 12.3. The predicted molar refractivity (Wildman–Crippen MR) is 102 cm³/mol. The fraction of sp³-hybridized carbons (Fsp3) is 0.263.